The minimum absolute atomic E-state index is 0.000416. The highest BCUT2D eigenvalue weighted by molar-refractivity contribution is 6.03. The standard InChI is InChI=1S/C25H32N6O2/c1-3-5-6-17(4-2)21-13-19(18-9-11-31(12-10-18)23(32)15-27)7-8-22(21)30-25(33)24-28-16-20(14-26)29-24/h4,7-8,13,16,18H,3,5-6,9-12,15,27H2,1-2H3,(H,28,29)(H,30,33)/b17-4+. The van der Waals surface area contributed by atoms with Gasteiger partial charge in [0.15, 0.2) is 5.82 Å². The number of allylic oxidation sites excluding steroid dienone is 2. The van der Waals surface area contributed by atoms with Crippen LogP contribution in [0.3, 0.4) is 0 Å². The van der Waals surface area contributed by atoms with Gasteiger partial charge in [0.1, 0.15) is 11.8 Å². The Labute approximate surface area is 194 Å². The number of aromatic amines is 1. The molecule has 0 atom stereocenters. The van der Waals surface area contributed by atoms with E-state index in [-0.39, 0.29) is 29.9 Å². The highest BCUT2D eigenvalue weighted by atomic mass is 16.2. The molecule has 2 amide bonds. The number of unbranched alkanes of at least 4 members (excludes halogenated alkanes) is 1. The number of amides is 2. The second kappa shape index (κ2) is 11.4. The number of anilines is 1. The average molecular weight is 449 g/mol. The van der Waals surface area contributed by atoms with Crippen LogP contribution >= 0.6 is 0 Å². The summed E-state index contributed by atoms with van der Waals surface area (Å²) in [6.45, 7) is 5.65. The number of carbonyl (C=O) groups excluding carboxylic acids is 2. The molecule has 0 unspecified atom stereocenters. The van der Waals surface area contributed by atoms with Crippen LogP contribution in [0.1, 0.15) is 79.3 Å². The van der Waals surface area contributed by atoms with Crippen LogP contribution in [0.15, 0.2) is 30.5 Å². The maximum Gasteiger partial charge on any atom is 0.291 e. The number of nitrogens with one attached hydrogen (secondary N) is 2. The first-order valence-electron chi connectivity index (χ1n) is 11.5. The van der Waals surface area contributed by atoms with Crippen LogP contribution in [0, 0.1) is 11.3 Å². The number of nitrogens with two attached hydrogens (primary N) is 1. The summed E-state index contributed by atoms with van der Waals surface area (Å²) in [6.07, 6.45) is 8.28. The zero-order valence-corrected chi connectivity index (χ0v) is 19.4. The van der Waals surface area contributed by atoms with Crippen LogP contribution in [-0.2, 0) is 4.79 Å². The van der Waals surface area contributed by atoms with Crippen molar-refractivity contribution >= 4 is 23.1 Å². The SMILES string of the molecule is C/C=C(\CCCC)c1cc(C2CCN(C(=O)CN)CC2)ccc1NC(=O)c1ncc(C#N)[nH]1. The van der Waals surface area contributed by atoms with Crippen LogP contribution in [-0.4, -0.2) is 46.3 Å². The fourth-order valence-corrected chi connectivity index (χ4v) is 4.26. The molecule has 0 spiro atoms. The molecule has 0 saturated carbocycles. The highest BCUT2D eigenvalue weighted by Gasteiger charge is 2.24. The van der Waals surface area contributed by atoms with Gasteiger partial charge in [-0.2, -0.15) is 5.26 Å². The second-order valence-corrected chi connectivity index (χ2v) is 8.29. The van der Waals surface area contributed by atoms with E-state index in [1.165, 1.54) is 17.3 Å². The van der Waals surface area contributed by atoms with Gasteiger partial charge in [-0.1, -0.05) is 25.5 Å². The minimum atomic E-state index is -0.384. The Morgan fingerprint density at radius 1 is 1.36 bits per heavy atom. The molecule has 33 heavy (non-hydrogen) atoms. The van der Waals surface area contributed by atoms with Crippen molar-refractivity contribution in [2.24, 2.45) is 5.73 Å². The average Bonchev–Trinajstić information content (AvgIpc) is 3.34. The smallest absolute Gasteiger partial charge is 0.291 e. The van der Waals surface area contributed by atoms with E-state index < -0.39 is 0 Å². The third-order valence-corrected chi connectivity index (χ3v) is 6.19. The van der Waals surface area contributed by atoms with E-state index in [1.807, 2.05) is 24.0 Å². The second-order valence-electron chi connectivity index (χ2n) is 8.29. The fourth-order valence-electron chi connectivity index (χ4n) is 4.26. The Morgan fingerprint density at radius 3 is 2.73 bits per heavy atom. The molecule has 174 valence electrons. The summed E-state index contributed by atoms with van der Waals surface area (Å²) in [5.74, 6) is 0.0717. The number of hydrogen-bond donors (Lipinski definition) is 3. The van der Waals surface area contributed by atoms with E-state index in [2.05, 4.69) is 40.4 Å². The Balaban J connectivity index is 1.86. The number of piperidine rings is 1. The molecule has 3 rings (SSSR count). The number of H-pyrrole nitrogens is 1. The lowest BCUT2D eigenvalue weighted by Gasteiger charge is -2.32. The number of carbonyl (C=O) groups is 2. The number of benzene rings is 1. The van der Waals surface area contributed by atoms with Crippen molar-refractivity contribution in [3.05, 3.63) is 53.1 Å². The molecule has 0 bridgehead atoms. The lowest BCUT2D eigenvalue weighted by Crippen LogP contribution is -2.41. The molecule has 8 heteroatoms. The summed E-state index contributed by atoms with van der Waals surface area (Å²) in [6, 6.07) is 8.13. The van der Waals surface area contributed by atoms with Gasteiger partial charge in [-0.25, -0.2) is 4.98 Å². The first kappa shape index (κ1) is 24.2. The first-order valence-corrected chi connectivity index (χ1v) is 11.5. The molecule has 0 radical (unpaired) electrons. The van der Waals surface area contributed by atoms with E-state index in [9.17, 15) is 9.59 Å². The van der Waals surface area contributed by atoms with E-state index in [1.54, 1.807) is 0 Å². The van der Waals surface area contributed by atoms with Crippen LogP contribution < -0.4 is 11.1 Å². The topological polar surface area (TPSA) is 128 Å². The predicted molar refractivity (Wildman–Crippen MR) is 128 cm³/mol. The van der Waals surface area contributed by atoms with E-state index in [0.717, 1.165) is 43.4 Å². The van der Waals surface area contributed by atoms with Gasteiger partial charge in [-0.3, -0.25) is 9.59 Å². The molecular formula is C25H32N6O2. The van der Waals surface area contributed by atoms with Gasteiger partial charge in [-0.05, 0) is 61.8 Å². The Morgan fingerprint density at radius 2 is 2.12 bits per heavy atom. The van der Waals surface area contributed by atoms with Crippen molar-refractivity contribution in [2.45, 2.75) is 51.9 Å². The normalized spacial score (nSPS) is 14.7. The van der Waals surface area contributed by atoms with Gasteiger partial charge >= 0.3 is 0 Å². The lowest BCUT2D eigenvalue weighted by atomic mass is 9.86. The molecule has 1 aromatic carbocycles. The molecule has 8 nitrogen and oxygen atoms in total. The van der Waals surface area contributed by atoms with Gasteiger partial charge in [0.25, 0.3) is 5.91 Å². The third-order valence-electron chi connectivity index (χ3n) is 6.19. The summed E-state index contributed by atoms with van der Waals surface area (Å²) in [4.78, 5) is 33.2. The monoisotopic (exact) mass is 448 g/mol. The zero-order valence-electron chi connectivity index (χ0n) is 19.4. The predicted octanol–water partition coefficient (Wildman–Crippen LogP) is 3.79. The molecule has 4 N–H and O–H groups in total. The fraction of sp³-hybridized carbons (Fsp3) is 0.440. The summed E-state index contributed by atoms with van der Waals surface area (Å²) in [5, 5.41) is 11.9. The largest absolute Gasteiger partial charge is 0.342 e. The van der Waals surface area contributed by atoms with E-state index in [0.29, 0.717) is 19.0 Å². The quantitative estimate of drug-likeness (QED) is 0.566. The first-order chi connectivity index (χ1) is 16.0. The number of rotatable bonds is 8. The van der Waals surface area contributed by atoms with Gasteiger partial charge in [0, 0.05) is 24.3 Å². The molecule has 1 aromatic heterocycles. The zero-order chi connectivity index (χ0) is 23.8. The molecule has 1 fully saturated rings. The maximum atomic E-state index is 12.8. The number of nitriles is 1. The van der Waals surface area contributed by atoms with Crippen LogP contribution in [0.25, 0.3) is 5.57 Å². The molecule has 2 aromatic rings. The number of imidazole rings is 1. The van der Waals surface area contributed by atoms with Crippen molar-refractivity contribution in [2.75, 3.05) is 25.0 Å². The Hall–Kier alpha value is -3.44. The summed E-state index contributed by atoms with van der Waals surface area (Å²) >= 11 is 0. The molecule has 1 aliphatic rings. The summed E-state index contributed by atoms with van der Waals surface area (Å²) < 4.78 is 0. The minimum Gasteiger partial charge on any atom is -0.342 e. The number of likely N-dealkylation sites (tertiary alicyclic amines) is 1. The van der Waals surface area contributed by atoms with Crippen LogP contribution in [0.2, 0.25) is 0 Å². The van der Waals surface area contributed by atoms with E-state index in [4.69, 9.17) is 11.0 Å². The van der Waals surface area contributed by atoms with Gasteiger partial charge < -0.3 is 20.9 Å². The number of aromatic nitrogens is 2. The van der Waals surface area contributed by atoms with Crippen LogP contribution in [0.5, 0.6) is 0 Å². The van der Waals surface area contributed by atoms with Gasteiger partial charge in [-0.15, -0.1) is 0 Å². The van der Waals surface area contributed by atoms with Crippen molar-refractivity contribution in [1.82, 2.24) is 14.9 Å². The molecule has 2 heterocycles. The third kappa shape index (κ3) is 5.88. The Bertz CT molecular complexity index is 1060. The molecule has 0 aliphatic carbocycles. The summed E-state index contributed by atoms with van der Waals surface area (Å²) in [7, 11) is 0. The van der Waals surface area contributed by atoms with Gasteiger partial charge in [0.2, 0.25) is 5.91 Å². The van der Waals surface area contributed by atoms with Crippen molar-refractivity contribution in [3.8, 4) is 6.07 Å². The number of nitrogens with zero attached hydrogens (tertiary/aromatic N) is 3. The Kier molecular flexibility index (Phi) is 8.39. The van der Waals surface area contributed by atoms with Crippen molar-refractivity contribution in [3.63, 3.8) is 0 Å². The summed E-state index contributed by atoms with van der Waals surface area (Å²) in [5.41, 5.74) is 9.87. The van der Waals surface area contributed by atoms with E-state index >= 15 is 0 Å². The molecule has 1 saturated heterocycles. The van der Waals surface area contributed by atoms with Gasteiger partial charge in [0.05, 0.1) is 12.7 Å². The highest BCUT2D eigenvalue weighted by Crippen LogP contribution is 2.35. The maximum absolute atomic E-state index is 12.8. The molecular weight excluding hydrogens is 416 g/mol. The number of hydrogen-bond acceptors (Lipinski definition) is 5. The lowest BCUT2D eigenvalue weighted by molar-refractivity contribution is -0.130. The molecule has 1 aliphatic heterocycles. The van der Waals surface area contributed by atoms with Crippen LogP contribution in [0.4, 0.5) is 5.69 Å². The van der Waals surface area contributed by atoms with Crippen molar-refractivity contribution in [1.29, 1.82) is 5.26 Å². The van der Waals surface area contributed by atoms with Crippen molar-refractivity contribution < 1.29 is 9.59 Å².